The summed E-state index contributed by atoms with van der Waals surface area (Å²) in [6.45, 7) is 1.89. The molecule has 1 aromatic rings. The van der Waals surface area contributed by atoms with Crippen LogP contribution in [0.5, 0.6) is 0 Å². The molecular formula is C16H13F9N2OS. The van der Waals surface area contributed by atoms with Crippen molar-refractivity contribution in [2.45, 2.75) is 56.6 Å². The molecule has 1 aliphatic rings. The van der Waals surface area contributed by atoms with Gasteiger partial charge in [-0.1, -0.05) is 13.3 Å². The van der Waals surface area contributed by atoms with Crippen LogP contribution in [-0.4, -0.2) is 29.9 Å². The Hall–Kier alpha value is -1.97. The van der Waals surface area contributed by atoms with E-state index in [1.807, 2.05) is 6.92 Å². The van der Waals surface area contributed by atoms with Crippen molar-refractivity contribution in [3.05, 3.63) is 16.0 Å². The van der Waals surface area contributed by atoms with Gasteiger partial charge < -0.3 is 5.32 Å². The van der Waals surface area contributed by atoms with Gasteiger partial charge in [0.05, 0.1) is 5.56 Å². The topological polar surface area (TPSA) is 52.9 Å². The van der Waals surface area contributed by atoms with Gasteiger partial charge in [0, 0.05) is 4.88 Å². The molecule has 0 saturated carbocycles. The highest BCUT2D eigenvalue weighted by Crippen LogP contribution is 2.53. The van der Waals surface area contributed by atoms with Gasteiger partial charge >= 0.3 is 29.9 Å². The molecular weight excluding hydrogens is 439 g/mol. The maximum absolute atomic E-state index is 13.7. The molecule has 0 spiro atoms. The lowest BCUT2D eigenvalue weighted by atomic mass is 9.86. The molecule has 0 radical (unpaired) electrons. The quantitative estimate of drug-likeness (QED) is 0.597. The second-order valence-electron chi connectivity index (χ2n) is 6.51. The molecule has 0 aromatic carbocycles. The third-order valence-corrected chi connectivity index (χ3v) is 5.88. The summed E-state index contributed by atoms with van der Waals surface area (Å²) in [5, 5.41) is 9.85. The maximum Gasteiger partial charge on any atom is 0.460 e. The molecule has 1 unspecified atom stereocenters. The van der Waals surface area contributed by atoms with Crippen LogP contribution in [0, 0.1) is 17.2 Å². The number of hydrogen-bond donors (Lipinski definition) is 1. The minimum absolute atomic E-state index is 0.201. The molecule has 1 amide bonds. The van der Waals surface area contributed by atoms with Crippen molar-refractivity contribution in [3.8, 4) is 6.07 Å². The van der Waals surface area contributed by atoms with Gasteiger partial charge in [-0.25, -0.2) is 0 Å². The largest absolute Gasteiger partial charge is 0.460 e. The van der Waals surface area contributed by atoms with E-state index in [0.29, 0.717) is 41.0 Å². The van der Waals surface area contributed by atoms with Crippen LogP contribution in [0.1, 0.15) is 35.8 Å². The Balaban J connectivity index is 2.37. The van der Waals surface area contributed by atoms with E-state index in [-0.39, 0.29) is 11.5 Å². The van der Waals surface area contributed by atoms with Crippen LogP contribution >= 0.6 is 11.3 Å². The Bertz CT molecular complexity index is 839. The predicted octanol–water partition coefficient (Wildman–Crippen LogP) is 5.54. The molecule has 0 bridgehead atoms. The molecule has 29 heavy (non-hydrogen) atoms. The number of halogens is 9. The molecule has 1 aliphatic carbocycles. The molecule has 2 rings (SSSR count). The minimum Gasteiger partial charge on any atom is -0.311 e. The third-order valence-electron chi connectivity index (χ3n) is 4.71. The van der Waals surface area contributed by atoms with E-state index in [1.54, 1.807) is 6.07 Å². The first kappa shape index (κ1) is 23.3. The van der Waals surface area contributed by atoms with E-state index < -0.39 is 34.9 Å². The lowest BCUT2D eigenvalue weighted by molar-refractivity contribution is -0.388. The Labute approximate surface area is 162 Å². The number of carbonyl (C=O) groups is 1. The monoisotopic (exact) mass is 452 g/mol. The first-order valence-corrected chi connectivity index (χ1v) is 8.99. The normalized spacial score (nSPS) is 18.2. The fourth-order valence-electron chi connectivity index (χ4n) is 2.91. The van der Waals surface area contributed by atoms with Crippen molar-refractivity contribution < 1.29 is 44.3 Å². The van der Waals surface area contributed by atoms with Gasteiger partial charge in [0.1, 0.15) is 11.1 Å². The molecule has 1 atom stereocenters. The van der Waals surface area contributed by atoms with Gasteiger partial charge in [-0.05, 0) is 30.7 Å². The fraction of sp³-hybridized carbons (Fsp3) is 0.625. The van der Waals surface area contributed by atoms with Gasteiger partial charge in [0.15, 0.2) is 0 Å². The number of thiophene rings is 1. The van der Waals surface area contributed by atoms with Crippen molar-refractivity contribution in [3.63, 3.8) is 0 Å². The standard InChI is InChI=1S/C16H13F9N2OS/c1-2-7-3-4-8-9(6-26)11(29-10(8)5-7)27-12(28)13(17,18)14(19,20)15(21,22)16(23,24)25/h7H,2-5H2,1H3,(H,27,28). The number of nitrogens with one attached hydrogen (secondary N) is 1. The van der Waals surface area contributed by atoms with Crippen molar-refractivity contribution in [1.29, 1.82) is 5.26 Å². The average molecular weight is 452 g/mol. The lowest BCUT2D eigenvalue weighted by Gasteiger charge is -2.32. The van der Waals surface area contributed by atoms with Crippen LogP contribution in [-0.2, 0) is 17.6 Å². The summed E-state index contributed by atoms with van der Waals surface area (Å²) in [4.78, 5) is 12.1. The molecule has 0 aliphatic heterocycles. The average Bonchev–Trinajstić information content (AvgIpc) is 2.96. The smallest absolute Gasteiger partial charge is 0.311 e. The van der Waals surface area contributed by atoms with Crippen LogP contribution in [0.2, 0.25) is 0 Å². The van der Waals surface area contributed by atoms with Crippen molar-refractivity contribution >= 4 is 22.2 Å². The zero-order valence-electron chi connectivity index (χ0n) is 14.6. The van der Waals surface area contributed by atoms with Crippen molar-refractivity contribution in [1.82, 2.24) is 0 Å². The van der Waals surface area contributed by atoms with E-state index in [4.69, 9.17) is 0 Å². The summed E-state index contributed by atoms with van der Waals surface area (Å²) < 4.78 is 117. The van der Waals surface area contributed by atoms with Gasteiger partial charge in [-0.2, -0.15) is 44.8 Å². The summed E-state index contributed by atoms with van der Waals surface area (Å²) in [5.41, 5.74) is 0.114. The summed E-state index contributed by atoms with van der Waals surface area (Å²) in [7, 11) is 0. The SMILES string of the molecule is CCC1CCc2c(sc(NC(=O)C(F)(F)C(F)(F)C(F)(F)C(F)(F)F)c2C#N)C1. The second-order valence-corrected chi connectivity index (χ2v) is 7.62. The molecule has 13 heteroatoms. The zero-order valence-corrected chi connectivity index (χ0v) is 15.4. The van der Waals surface area contributed by atoms with E-state index >= 15 is 0 Å². The number of amides is 1. The summed E-state index contributed by atoms with van der Waals surface area (Å²) in [6, 6.07) is 1.62. The summed E-state index contributed by atoms with van der Waals surface area (Å²) >= 11 is 0.631. The Morgan fingerprint density at radius 1 is 1.14 bits per heavy atom. The number of nitriles is 1. The highest BCUT2D eigenvalue weighted by molar-refractivity contribution is 7.16. The highest BCUT2D eigenvalue weighted by Gasteiger charge is 2.83. The number of carbonyl (C=O) groups excluding carboxylic acids is 1. The Morgan fingerprint density at radius 2 is 1.72 bits per heavy atom. The predicted molar refractivity (Wildman–Crippen MR) is 84.4 cm³/mol. The summed E-state index contributed by atoms with van der Waals surface area (Å²) in [6.07, 6.45) is -4.83. The number of alkyl halides is 9. The van der Waals surface area contributed by atoms with Crippen LogP contribution in [0.4, 0.5) is 44.5 Å². The number of rotatable bonds is 5. The zero-order chi connectivity index (χ0) is 22.4. The van der Waals surface area contributed by atoms with Gasteiger partial charge in [0.25, 0.3) is 0 Å². The van der Waals surface area contributed by atoms with E-state index in [1.165, 1.54) is 5.32 Å². The van der Waals surface area contributed by atoms with Gasteiger partial charge in [0.2, 0.25) is 0 Å². The number of hydrogen-bond acceptors (Lipinski definition) is 3. The number of anilines is 1. The summed E-state index contributed by atoms with van der Waals surface area (Å²) in [5.74, 6) is -23.5. The van der Waals surface area contributed by atoms with Crippen molar-refractivity contribution in [2.24, 2.45) is 5.92 Å². The minimum atomic E-state index is -7.16. The van der Waals surface area contributed by atoms with E-state index in [0.717, 1.165) is 6.42 Å². The van der Waals surface area contributed by atoms with Crippen LogP contribution in [0.25, 0.3) is 0 Å². The third kappa shape index (κ3) is 3.67. The molecule has 1 N–H and O–H groups in total. The van der Waals surface area contributed by atoms with Crippen molar-refractivity contribution in [2.75, 3.05) is 5.32 Å². The molecule has 162 valence electrons. The van der Waals surface area contributed by atoms with Crippen LogP contribution < -0.4 is 5.32 Å². The Kier molecular flexibility index (Phi) is 5.93. The molecule has 0 fully saturated rings. The molecule has 3 nitrogen and oxygen atoms in total. The molecule has 0 saturated heterocycles. The van der Waals surface area contributed by atoms with E-state index in [9.17, 15) is 49.6 Å². The first-order valence-electron chi connectivity index (χ1n) is 8.18. The molecule has 1 heterocycles. The second kappa shape index (κ2) is 7.37. The van der Waals surface area contributed by atoms with Gasteiger partial charge in [-0.15, -0.1) is 11.3 Å². The van der Waals surface area contributed by atoms with Crippen LogP contribution in [0.3, 0.4) is 0 Å². The van der Waals surface area contributed by atoms with E-state index in [2.05, 4.69) is 0 Å². The lowest BCUT2D eigenvalue weighted by Crippen LogP contribution is -2.64. The fourth-order valence-corrected chi connectivity index (χ4v) is 4.22. The number of fused-ring (bicyclic) bond motifs is 1. The molecule has 1 aromatic heterocycles. The highest BCUT2D eigenvalue weighted by atomic mass is 32.1. The first-order chi connectivity index (χ1) is 13.1. The Morgan fingerprint density at radius 3 is 2.21 bits per heavy atom. The van der Waals surface area contributed by atoms with Crippen LogP contribution in [0.15, 0.2) is 0 Å². The number of nitrogens with zero attached hydrogens (tertiary/aromatic N) is 1. The maximum atomic E-state index is 13.7. The van der Waals surface area contributed by atoms with Gasteiger partial charge in [-0.3, -0.25) is 4.79 Å².